The molecule has 1 saturated carbocycles. The van der Waals surface area contributed by atoms with E-state index in [1.165, 1.54) is 24.8 Å². The van der Waals surface area contributed by atoms with Crippen molar-refractivity contribution in [1.29, 1.82) is 0 Å². The largest absolute Gasteiger partial charge is 0.352 e. The van der Waals surface area contributed by atoms with E-state index in [1.807, 2.05) is 17.2 Å². The van der Waals surface area contributed by atoms with Gasteiger partial charge in [0.1, 0.15) is 5.82 Å². The molecule has 0 bridgehead atoms. The number of amides is 2. The highest BCUT2D eigenvalue weighted by Crippen LogP contribution is 2.31. The van der Waals surface area contributed by atoms with Crippen LogP contribution in [0.5, 0.6) is 0 Å². The number of nitrogens with zero attached hydrogens (tertiary/aromatic N) is 3. The summed E-state index contributed by atoms with van der Waals surface area (Å²) >= 11 is 0. The smallest absolute Gasteiger partial charge is 0.317 e. The highest BCUT2D eigenvalue weighted by molar-refractivity contribution is 5.75. The number of fused-ring (bicyclic) bond motifs is 3. The SMILES string of the molecule is O=C(NCC1CC1)N1Cc2cccnc2N2CCC[C@@H]2C1. The molecule has 1 aromatic rings. The molecule has 0 spiro atoms. The van der Waals surface area contributed by atoms with Crippen LogP contribution in [0.3, 0.4) is 0 Å². The van der Waals surface area contributed by atoms with E-state index in [2.05, 4.69) is 21.3 Å². The monoisotopic (exact) mass is 286 g/mol. The molecular weight excluding hydrogens is 264 g/mol. The summed E-state index contributed by atoms with van der Waals surface area (Å²) in [5, 5.41) is 3.10. The van der Waals surface area contributed by atoms with E-state index >= 15 is 0 Å². The Morgan fingerprint density at radius 1 is 1.38 bits per heavy atom. The van der Waals surface area contributed by atoms with Gasteiger partial charge >= 0.3 is 6.03 Å². The van der Waals surface area contributed by atoms with E-state index in [9.17, 15) is 4.79 Å². The second-order valence-electron chi connectivity index (χ2n) is 6.49. The molecule has 21 heavy (non-hydrogen) atoms. The van der Waals surface area contributed by atoms with Crippen LogP contribution in [-0.2, 0) is 6.54 Å². The average Bonchev–Trinajstić information content (AvgIpc) is 3.25. The highest BCUT2D eigenvalue weighted by Gasteiger charge is 2.34. The molecule has 0 unspecified atom stereocenters. The van der Waals surface area contributed by atoms with Gasteiger partial charge in [0.2, 0.25) is 0 Å². The number of pyridine rings is 1. The summed E-state index contributed by atoms with van der Waals surface area (Å²) in [5.41, 5.74) is 1.17. The molecule has 1 N–H and O–H groups in total. The Hall–Kier alpha value is -1.78. The fourth-order valence-corrected chi connectivity index (χ4v) is 3.46. The lowest BCUT2D eigenvalue weighted by Crippen LogP contribution is -2.45. The van der Waals surface area contributed by atoms with Crippen LogP contribution in [0.15, 0.2) is 18.3 Å². The van der Waals surface area contributed by atoms with Crippen molar-refractivity contribution >= 4 is 11.8 Å². The molecule has 1 saturated heterocycles. The maximum Gasteiger partial charge on any atom is 0.317 e. The van der Waals surface area contributed by atoms with Gasteiger partial charge in [-0.05, 0) is 37.7 Å². The molecule has 1 aromatic heterocycles. The van der Waals surface area contributed by atoms with Gasteiger partial charge in [0, 0.05) is 37.4 Å². The molecule has 2 fully saturated rings. The number of carbonyl (C=O) groups excluding carboxylic acids is 1. The number of hydrogen-bond acceptors (Lipinski definition) is 3. The van der Waals surface area contributed by atoms with Gasteiger partial charge in [-0.3, -0.25) is 0 Å². The van der Waals surface area contributed by atoms with Crippen LogP contribution in [0.4, 0.5) is 10.6 Å². The van der Waals surface area contributed by atoms with Crippen LogP contribution in [0.2, 0.25) is 0 Å². The van der Waals surface area contributed by atoms with Crippen molar-refractivity contribution in [2.24, 2.45) is 5.92 Å². The zero-order valence-electron chi connectivity index (χ0n) is 12.3. The van der Waals surface area contributed by atoms with Crippen LogP contribution in [-0.4, -0.2) is 41.6 Å². The summed E-state index contributed by atoms with van der Waals surface area (Å²) in [4.78, 5) is 21.4. The topological polar surface area (TPSA) is 48.5 Å². The van der Waals surface area contributed by atoms with Crippen molar-refractivity contribution in [1.82, 2.24) is 15.2 Å². The molecule has 4 rings (SSSR count). The Kier molecular flexibility index (Phi) is 3.20. The molecule has 3 aliphatic rings. The summed E-state index contributed by atoms with van der Waals surface area (Å²) in [6, 6.07) is 4.58. The molecular formula is C16H22N4O. The predicted molar refractivity (Wildman–Crippen MR) is 81.1 cm³/mol. The molecule has 2 amide bonds. The molecule has 112 valence electrons. The predicted octanol–water partition coefficient (Wildman–Crippen LogP) is 1.99. The first-order chi connectivity index (χ1) is 10.3. The molecule has 5 heteroatoms. The molecule has 2 aliphatic heterocycles. The number of hydrogen-bond donors (Lipinski definition) is 1. The van der Waals surface area contributed by atoms with Crippen molar-refractivity contribution in [3.8, 4) is 0 Å². The second-order valence-corrected chi connectivity index (χ2v) is 6.49. The summed E-state index contributed by atoms with van der Waals surface area (Å²) in [7, 11) is 0. The summed E-state index contributed by atoms with van der Waals surface area (Å²) < 4.78 is 0. The van der Waals surface area contributed by atoms with Gasteiger partial charge in [0.25, 0.3) is 0 Å². The van der Waals surface area contributed by atoms with E-state index < -0.39 is 0 Å². The van der Waals surface area contributed by atoms with Crippen LogP contribution in [0.25, 0.3) is 0 Å². The lowest BCUT2D eigenvalue weighted by molar-refractivity contribution is 0.192. The van der Waals surface area contributed by atoms with Gasteiger partial charge in [-0.2, -0.15) is 0 Å². The minimum Gasteiger partial charge on any atom is -0.352 e. The lowest BCUT2D eigenvalue weighted by atomic mass is 10.2. The van der Waals surface area contributed by atoms with Crippen LogP contribution in [0, 0.1) is 5.92 Å². The Bertz CT molecular complexity index is 543. The number of urea groups is 1. The van der Waals surface area contributed by atoms with Crippen LogP contribution < -0.4 is 10.2 Å². The van der Waals surface area contributed by atoms with E-state index in [4.69, 9.17) is 0 Å². The van der Waals surface area contributed by atoms with E-state index in [0.29, 0.717) is 12.6 Å². The average molecular weight is 286 g/mol. The van der Waals surface area contributed by atoms with Gasteiger partial charge in [0.05, 0.1) is 6.54 Å². The van der Waals surface area contributed by atoms with Gasteiger partial charge < -0.3 is 15.1 Å². The normalized spacial score (nSPS) is 24.3. The third-order valence-corrected chi connectivity index (χ3v) is 4.84. The Balaban J connectivity index is 1.54. The van der Waals surface area contributed by atoms with Gasteiger partial charge in [-0.15, -0.1) is 0 Å². The minimum atomic E-state index is 0.0884. The van der Waals surface area contributed by atoms with E-state index in [1.54, 1.807) is 0 Å². The Morgan fingerprint density at radius 3 is 3.14 bits per heavy atom. The van der Waals surface area contributed by atoms with E-state index in [0.717, 1.165) is 37.8 Å². The fourth-order valence-electron chi connectivity index (χ4n) is 3.46. The van der Waals surface area contributed by atoms with Gasteiger partial charge in [0.15, 0.2) is 0 Å². The van der Waals surface area contributed by atoms with Crippen molar-refractivity contribution in [2.75, 3.05) is 24.5 Å². The summed E-state index contributed by atoms with van der Waals surface area (Å²) in [5.74, 6) is 1.80. The standard InChI is InChI=1S/C16H22N4O/c21-16(18-9-12-5-6-12)19-10-13-3-1-7-17-15(13)20-8-2-4-14(20)11-19/h1,3,7,12,14H,2,4-6,8-11H2,(H,18,21)/t14-/m1/s1. The molecule has 1 aliphatic carbocycles. The van der Waals surface area contributed by atoms with Crippen molar-refractivity contribution in [2.45, 2.75) is 38.3 Å². The maximum absolute atomic E-state index is 12.5. The van der Waals surface area contributed by atoms with Gasteiger partial charge in [-0.1, -0.05) is 6.07 Å². The number of aromatic nitrogens is 1. The minimum absolute atomic E-state index is 0.0884. The van der Waals surface area contributed by atoms with Crippen molar-refractivity contribution in [3.63, 3.8) is 0 Å². The fraction of sp³-hybridized carbons (Fsp3) is 0.625. The van der Waals surface area contributed by atoms with Crippen LogP contribution in [0.1, 0.15) is 31.2 Å². The lowest BCUT2D eigenvalue weighted by Gasteiger charge is -2.27. The first-order valence-electron chi connectivity index (χ1n) is 8.04. The number of carbonyl (C=O) groups is 1. The van der Waals surface area contributed by atoms with Crippen molar-refractivity contribution in [3.05, 3.63) is 23.9 Å². The number of anilines is 1. The van der Waals surface area contributed by atoms with Crippen LogP contribution >= 0.6 is 0 Å². The summed E-state index contributed by atoms with van der Waals surface area (Å²) in [6.07, 6.45) is 6.74. The third kappa shape index (κ3) is 2.57. The third-order valence-electron chi connectivity index (χ3n) is 4.84. The first kappa shape index (κ1) is 12.9. The molecule has 3 heterocycles. The molecule has 0 radical (unpaired) electrons. The quantitative estimate of drug-likeness (QED) is 0.904. The van der Waals surface area contributed by atoms with E-state index in [-0.39, 0.29) is 6.03 Å². The molecule has 0 aromatic carbocycles. The van der Waals surface area contributed by atoms with Gasteiger partial charge in [-0.25, -0.2) is 9.78 Å². The number of nitrogens with one attached hydrogen (secondary N) is 1. The Labute approximate surface area is 125 Å². The highest BCUT2D eigenvalue weighted by atomic mass is 16.2. The maximum atomic E-state index is 12.5. The zero-order valence-corrected chi connectivity index (χ0v) is 12.3. The first-order valence-corrected chi connectivity index (χ1v) is 8.04. The Morgan fingerprint density at radius 2 is 2.29 bits per heavy atom. The number of rotatable bonds is 2. The van der Waals surface area contributed by atoms with Crippen molar-refractivity contribution < 1.29 is 4.79 Å². The zero-order chi connectivity index (χ0) is 14.2. The second kappa shape index (κ2) is 5.20. The molecule has 1 atom stereocenters. The molecule has 5 nitrogen and oxygen atoms in total. The summed E-state index contributed by atoms with van der Waals surface area (Å²) in [6.45, 7) is 3.38.